The lowest BCUT2D eigenvalue weighted by atomic mass is 10.2. The molecule has 0 bridgehead atoms. The Kier molecular flexibility index (Phi) is 4.33. The van der Waals surface area contributed by atoms with Gasteiger partial charge in [0.15, 0.2) is 0 Å². The summed E-state index contributed by atoms with van der Waals surface area (Å²) in [6.45, 7) is -0.364. The van der Waals surface area contributed by atoms with Gasteiger partial charge in [-0.2, -0.15) is 0 Å². The van der Waals surface area contributed by atoms with Crippen LogP contribution in [0.1, 0.15) is 11.1 Å². The molecule has 0 amide bonds. The number of rotatable bonds is 4. The summed E-state index contributed by atoms with van der Waals surface area (Å²) in [5.74, 6) is -0.743. The number of halogens is 2. The van der Waals surface area contributed by atoms with Gasteiger partial charge in [-0.05, 0) is 23.3 Å². The molecule has 0 radical (unpaired) electrons. The third kappa shape index (κ3) is 3.09. The fourth-order valence-corrected chi connectivity index (χ4v) is 2.47. The molecule has 1 N–H and O–H groups in total. The topological polar surface area (TPSA) is 20.2 Å². The first-order chi connectivity index (χ1) is 8.70. The van der Waals surface area contributed by atoms with Gasteiger partial charge in [-0.25, -0.2) is 8.78 Å². The summed E-state index contributed by atoms with van der Waals surface area (Å²) in [4.78, 5) is -0.00365. The molecule has 18 heavy (non-hydrogen) atoms. The fraction of sp³-hybridized carbons (Fsp3) is 0.143. The van der Waals surface area contributed by atoms with Crippen molar-refractivity contribution in [2.24, 2.45) is 0 Å². The maximum atomic E-state index is 13.6. The highest BCUT2D eigenvalue weighted by Gasteiger charge is 2.11. The van der Waals surface area contributed by atoms with Crippen molar-refractivity contribution in [2.45, 2.75) is 17.3 Å². The lowest BCUT2D eigenvalue weighted by Crippen LogP contribution is -1.93. The molecule has 0 aliphatic rings. The van der Waals surface area contributed by atoms with Crippen LogP contribution < -0.4 is 0 Å². The number of hydrogen-bond acceptors (Lipinski definition) is 2. The van der Waals surface area contributed by atoms with Crippen LogP contribution >= 0.6 is 11.8 Å². The van der Waals surface area contributed by atoms with Gasteiger partial charge >= 0.3 is 0 Å². The molecular weight excluding hydrogens is 254 g/mol. The summed E-state index contributed by atoms with van der Waals surface area (Å²) in [7, 11) is 0. The largest absolute Gasteiger partial charge is 0.392 e. The van der Waals surface area contributed by atoms with Gasteiger partial charge in [0.2, 0.25) is 0 Å². The predicted octanol–water partition coefficient (Wildman–Crippen LogP) is 3.75. The number of aliphatic hydroxyl groups is 1. The average molecular weight is 266 g/mol. The van der Waals surface area contributed by atoms with E-state index < -0.39 is 11.6 Å². The van der Waals surface area contributed by atoms with Crippen LogP contribution in [-0.2, 0) is 12.4 Å². The van der Waals surface area contributed by atoms with Crippen LogP contribution in [0, 0.1) is 11.6 Å². The number of hydrogen-bond donors (Lipinski definition) is 1. The average Bonchev–Trinajstić information content (AvgIpc) is 2.38. The normalized spacial score (nSPS) is 10.6. The van der Waals surface area contributed by atoms with Crippen molar-refractivity contribution >= 4 is 11.8 Å². The standard InChI is InChI=1S/C14H12F2OS/c15-12-6-11(8-17)7-13(16)14(12)18-9-10-4-2-1-3-5-10/h1-7,17H,8-9H2. The van der Waals surface area contributed by atoms with E-state index in [2.05, 4.69) is 0 Å². The Morgan fingerprint density at radius 1 is 0.944 bits per heavy atom. The summed E-state index contributed by atoms with van der Waals surface area (Å²) < 4.78 is 27.3. The van der Waals surface area contributed by atoms with Crippen LogP contribution in [0.25, 0.3) is 0 Å². The lowest BCUT2D eigenvalue weighted by molar-refractivity contribution is 0.280. The van der Waals surface area contributed by atoms with Crippen LogP contribution in [-0.4, -0.2) is 5.11 Å². The zero-order valence-electron chi connectivity index (χ0n) is 9.57. The Hall–Kier alpha value is -1.39. The third-order valence-corrected chi connectivity index (χ3v) is 3.62. The molecule has 0 spiro atoms. The van der Waals surface area contributed by atoms with Gasteiger partial charge in [-0.15, -0.1) is 11.8 Å². The summed E-state index contributed by atoms with van der Waals surface area (Å²) in [6.07, 6.45) is 0. The molecule has 0 saturated carbocycles. The number of aliphatic hydroxyl groups excluding tert-OH is 1. The maximum Gasteiger partial charge on any atom is 0.140 e. The van der Waals surface area contributed by atoms with Crippen molar-refractivity contribution < 1.29 is 13.9 Å². The van der Waals surface area contributed by atoms with Gasteiger partial charge in [-0.1, -0.05) is 30.3 Å². The summed E-state index contributed by atoms with van der Waals surface area (Å²) in [5, 5.41) is 8.85. The molecular formula is C14H12F2OS. The van der Waals surface area contributed by atoms with E-state index in [0.717, 1.165) is 29.5 Å². The van der Waals surface area contributed by atoms with Gasteiger partial charge in [0.1, 0.15) is 11.6 Å². The molecule has 2 aromatic rings. The van der Waals surface area contributed by atoms with E-state index in [1.807, 2.05) is 30.3 Å². The molecule has 0 heterocycles. The molecule has 1 nitrogen and oxygen atoms in total. The SMILES string of the molecule is OCc1cc(F)c(SCc2ccccc2)c(F)c1. The van der Waals surface area contributed by atoms with E-state index >= 15 is 0 Å². The Labute approximate surface area is 108 Å². The molecule has 2 rings (SSSR count). The van der Waals surface area contributed by atoms with Crippen LogP contribution in [0.2, 0.25) is 0 Å². The molecule has 0 aliphatic heterocycles. The van der Waals surface area contributed by atoms with E-state index in [1.165, 1.54) is 0 Å². The first-order valence-corrected chi connectivity index (χ1v) is 6.45. The van der Waals surface area contributed by atoms with Crippen LogP contribution in [0.4, 0.5) is 8.78 Å². The zero-order chi connectivity index (χ0) is 13.0. The minimum Gasteiger partial charge on any atom is -0.392 e. The van der Waals surface area contributed by atoms with Gasteiger partial charge < -0.3 is 5.11 Å². The highest BCUT2D eigenvalue weighted by molar-refractivity contribution is 7.98. The van der Waals surface area contributed by atoms with E-state index in [-0.39, 0.29) is 17.1 Å². The molecule has 4 heteroatoms. The van der Waals surface area contributed by atoms with Gasteiger partial charge in [-0.3, -0.25) is 0 Å². The minimum absolute atomic E-state index is 0.00365. The molecule has 0 fully saturated rings. The van der Waals surface area contributed by atoms with Crippen molar-refractivity contribution in [1.29, 1.82) is 0 Å². The van der Waals surface area contributed by atoms with Crippen molar-refractivity contribution in [3.05, 3.63) is 65.2 Å². The fourth-order valence-electron chi connectivity index (χ4n) is 1.57. The zero-order valence-corrected chi connectivity index (χ0v) is 10.4. The molecule has 94 valence electrons. The Morgan fingerprint density at radius 3 is 2.11 bits per heavy atom. The van der Waals surface area contributed by atoms with Crippen molar-refractivity contribution in [2.75, 3.05) is 0 Å². The van der Waals surface area contributed by atoms with Gasteiger partial charge in [0, 0.05) is 5.75 Å². The Morgan fingerprint density at radius 2 is 1.56 bits per heavy atom. The number of benzene rings is 2. The van der Waals surface area contributed by atoms with E-state index in [0.29, 0.717) is 5.75 Å². The molecule has 0 saturated heterocycles. The minimum atomic E-state index is -0.625. The van der Waals surface area contributed by atoms with Gasteiger partial charge in [0.05, 0.1) is 11.5 Å². The maximum absolute atomic E-state index is 13.6. The third-order valence-electron chi connectivity index (χ3n) is 2.47. The second kappa shape index (κ2) is 5.98. The molecule has 0 aliphatic carbocycles. The summed E-state index contributed by atoms with van der Waals surface area (Å²) >= 11 is 1.11. The monoisotopic (exact) mass is 266 g/mol. The predicted molar refractivity (Wildman–Crippen MR) is 68.3 cm³/mol. The quantitative estimate of drug-likeness (QED) is 0.850. The molecule has 2 aromatic carbocycles. The molecule has 0 aromatic heterocycles. The first kappa shape index (κ1) is 13.1. The van der Waals surface area contributed by atoms with Crippen molar-refractivity contribution in [1.82, 2.24) is 0 Å². The highest BCUT2D eigenvalue weighted by atomic mass is 32.2. The van der Waals surface area contributed by atoms with Gasteiger partial charge in [0.25, 0.3) is 0 Å². The van der Waals surface area contributed by atoms with Crippen molar-refractivity contribution in [3.63, 3.8) is 0 Å². The highest BCUT2D eigenvalue weighted by Crippen LogP contribution is 2.29. The second-order valence-corrected chi connectivity index (χ2v) is 4.81. The smallest absolute Gasteiger partial charge is 0.140 e. The molecule has 0 unspecified atom stereocenters. The van der Waals surface area contributed by atoms with E-state index in [1.54, 1.807) is 0 Å². The molecule has 0 atom stereocenters. The summed E-state index contributed by atoms with van der Waals surface area (Å²) in [5.41, 5.74) is 1.25. The lowest BCUT2D eigenvalue weighted by Gasteiger charge is -2.06. The van der Waals surface area contributed by atoms with E-state index in [4.69, 9.17) is 5.11 Å². The van der Waals surface area contributed by atoms with Crippen LogP contribution in [0.15, 0.2) is 47.4 Å². The van der Waals surface area contributed by atoms with Crippen LogP contribution in [0.3, 0.4) is 0 Å². The second-order valence-electron chi connectivity index (χ2n) is 3.82. The van der Waals surface area contributed by atoms with Crippen molar-refractivity contribution in [3.8, 4) is 0 Å². The first-order valence-electron chi connectivity index (χ1n) is 5.46. The summed E-state index contributed by atoms with van der Waals surface area (Å²) in [6, 6.07) is 11.8. The number of thioether (sulfide) groups is 1. The van der Waals surface area contributed by atoms with Crippen LogP contribution in [0.5, 0.6) is 0 Å². The Balaban J connectivity index is 2.15. The Bertz CT molecular complexity index is 506. The van der Waals surface area contributed by atoms with E-state index in [9.17, 15) is 8.78 Å².